The highest BCUT2D eigenvalue weighted by Crippen LogP contribution is 2.25. The van der Waals surface area contributed by atoms with Crippen LogP contribution in [0.25, 0.3) is 0 Å². The van der Waals surface area contributed by atoms with Gasteiger partial charge in [-0.1, -0.05) is 13.0 Å². The molecule has 0 saturated carbocycles. The highest BCUT2D eigenvalue weighted by Gasteiger charge is 2.33. The van der Waals surface area contributed by atoms with Gasteiger partial charge in [-0.25, -0.2) is 9.59 Å². The number of nitro groups is 1. The van der Waals surface area contributed by atoms with Crippen LogP contribution in [0.4, 0.5) is 10.5 Å². The van der Waals surface area contributed by atoms with Gasteiger partial charge in [0.2, 0.25) is 0 Å². The summed E-state index contributed by atoms with van der Waals surface area (Å²) in [6, 6.07) is 5.43. The Hall–Kier alpha value is -3.80. The molecule has 1 saturated heterocycles. The molecule has 1 aromatic carbocycles. The van der Waals surface area contributed by atoms with E-state index in [-0.39, 0.29) is 49.9 Å². The number of carbonyl (C=O) groups is 4. The van der Waals surface area contributed by atoms with Crippen LogP contribution in [0, 0.1) is 22.0 Å². The van der Waals surface area contributed by atoms with E-state index in [1.54, 1.807) is 6.08 Å². The molecule has 34 heavy (non-hydrogen) atoms. The van der Waals surface area contributed by atoms with E-state index < -0.39 is 34.9 Å². The Labute approximate surface area is 195 Å². The molecule has 1 aliphatic rings. The van der Waals surface area contributed by atoms with E-state index in [4.69, 9.17) is 9.57 Å². The van der Waals surface area contributed by atoms with Gasteiger partial charge in [-0.15, -0.1) is 11.6 Å². The zero-order valence-corrected chi connectivity index (χ0v) is 18.7. The SMILES string of the molecule is C=C[C@@H]1CC(=O)N(OC(=O)[C@@H](O)CCNC(=O)OCc2ccc([N+](=O)[O-])cc2)C(=O)C[C@@H](C)C1. The molecule has 1 aliphatic heterocycles. The third kappa shape index (κ3) is 7.96. The summed E-state index contributed by atoms with van der Waals surface area (Å²) < 4.78 is 4.95. The van der Waals surface area contributed by atoms with Gasteiger partial charge in [-0.3, -0.25) is 19.7 Å². The van der Waals surface area contributed by atoms with Gasteiger partial charge in [0.05, 0.1) is 4.92 Å². The molecule has 0 unspecified atom stereocenters. The summed E-state index contributed by atoms with van der Waals surface area (Å²) in [5.41, 5.74) is 0.434. The van der Waals surface area contributed by atoms with Crippen molar-refractivity contribution in [3.8, 4) is 0 Å². The van der Waals surface area contributed by atoms with E-state index in [0.717, 1.165) is 0 Å². The minimum absolute atomic E-state index is 0.00160. The number of allylic oxidation sites excluding steroid dienone is 1. The van der Waals surface area contributed by atoms with Crippen LogP contribution in [0.1, 0.15) is 38.2 Å². The second-order valence-electron chi connectivity index (χ2n) is 7.97. The molecule has 3 atom stereocenters. The average molecular weight is 477 g/mol. The molecule has 1 fully saturated rings. The van der Waals surface area contributed by atoms with E-state index >= 15 is 0 Å². The fourth-order valence-corrected chi connectivity index (χ4v) is 3.29. The molecule has 3 amide bonds. The van der Waals surface area contributed by atoms with Crippen LogP contribution in [0.3, 0.4) is 0 Å². The molecular weight excluding hydrogens is 450 g/mol. The van der Waals surface area contributed by atoms with Gasteiger partial charge in [-0.2, -0.15) is 0 Å². The highest BCUT2D eigenvalue weighted by molar-refractivity contribution is 5.96. The number of aliphatic hydroxyl groups excluding tert-OH is 1. The first-order valence-corrected chi connectivity index (χ1v) is 10.6. The van der Waals surface area contributed by atoms with E-state index in [1.807, 2.05) is 6.92 Å². The molecular formula is C22H27N3O9. The van der Waals surface area contributed by atoms with Crippen LogP contribution in [-0.2, 0) is 30.6 Å². The van der Waals surface area contributed by atoms with E-state index in [9.17, 15) is 34.4 Å². The number of nitrogens with one attached hydrogen (secondary N) is 1. The third-order valence-corrected chi connectivity index (χ3v) is 5.11. The van der Waals surface area contributed by atoms with Crippen molar-refractivity contribution in [2.24, 2.45) is 11.8 Å². The van der Waals surface area contributed by atoms with Crippen molar-refractivity contribution in [1.82, 2.24) is 10.4 Å². The van der Waals surface area contributed by atoms with Crippen molar-refractivity contribution in [3.05, 3.63) is 52.6 Å². The lowest BCUT2D eigenvalue weighted by molar-refractivity contribution is -0.384. The number of hydroxylamine groups is 2. The maximum atomic E-state index is 12.3. The number of aliphatic hydroxyl groups is 1. The maximum Gasteiger partial charge on any atom is 0.407 e. The number of alkyl carbamates (subject to hydrolysis) is 1. The Morgan fingerprint density at radius 1 is 1.29 bits per heavy atom. The van der Waals surface area contributed by atoms with E-state index in [2.05, 4.69) is 11.9 Å². The number of ether oxygens (including phenoxy) is 1. The van der Waals surface area contributed by atoms with Crippen LogP contribution < -0.4 is 5.32 Å². The molecule has 1 aromatic rings. The Balaban J connectivity index is 1.77. The summed E-state index contributed by atoms with van der Waals surface area (Å²) in [7, 11) is 0. The van der Waals surface area contributed by atoms with Gasteiger partial charge in [0.1, 0.15) is 6.61 Å². The molecule has 0 spiro atoms. The van der Waals surface area contributed by atoms with Gasteiger partial charge in [0, 0.05) is 37.9 Å². The summed E-state index contributed by atoms with van der Waals surface area (Å²) in [5.74, 6) is -2.78. The van der Waals surface area contributed by atoms with Gasteiger partial charge < -0.3 is 20.0 Å². The smallest absolute Gasteiger partial charge is 0.407 e. The normalized spacial score (nSPS) is 19.4. The van der Waals surface area contributed by atoms with Crippen molar-refractivity contribution in [1.29, 1.82) is 0 Å². The topological polar surface area (TPSA) is 165 Å². The lowest BCUT2D eigenvalue weighted by Crippen LogP contribution is -2.44. The van der Waals surface area contributed by atoms with Crippen LogP contribution in [-0.4, -0.2) is 51.6 Å². The third-order valence-electron chi connectivity index (χ3n) is 5.11. The highest BCUT2D eigenvalue weighted by atomic mass is 16.7. The number of imide groups is 1. The summed E-state index contributed by atoms with van der Waals surface area (Å²) in [5, 5.41) is 23.4. The van der Waals surface area contributed by atoms with Crippen molar-refractivity contribution in [2.45, 2.75) is 45.3 Å². The number of hydrogen-bond donors (Lipinski definition) is 2. The molecule has 184 valence electrons. The lowest BCUT2D eigenvalue weighted by atomic mass is 9.89. The monoisotopic (exact) mass is 477 g/mol. The predicted octanol–water partition coefficient (Wildman–Crippen LogP) is 2.01. The van der Waals surface area contributed by atoms with Crippen LogP contribution >= 0.6 is 0 Å². The van der Waals surface area contributed by atoms with Gasteiger partial charge >= 0.3 is 12.1 Å². The first-order chi connectivity index (χ1) is 16.1. The van der Waals surface area contributed by atoms with E-state index in [1.165, 1.54) is 24.3 Å². The number of carbonyl (C=O) groups excluding carboxylic acids is 4. The molecule has 12 nitrogen and oxygen atoms in total. The molecule has 0 aliphatic carbocycles. The number of hydrogen-bond acceptors (Lipinski definition) is 9. The van der Waals surface area contributed by atoms with E-state index in [0.29, 0.717) is 17.0 Å². The molecule has 0 radical (unpaired) electrons. The lowest BCUT2D eigenvalue weighted by Gasteiger charge is -2.27. The first-order valence-electron chi connectivity index (χ1n) is 10.6. The van der Waals surface area contributed by atoms with Crippen molar-refractivity contribution < 1.29 is 38.8 Å². The van der Waals surface area contributed by atoms with Crippen molar-refractivity contribution in [3.63, 3.8) is 0 Å². The summed E-state index contributed by atoms with van der Waals surface area (Å²) in [6.07, 6.45) is -0.616. The number of rotatable bonds is 9. The maximum absolute atomic E-state index is 12.3. The Bertz CT molecular complexity index is 932. The molecule has 0 bridgehead atoms. The van der Waals surface area contributed by atoms with Gasteiger partial charge in [0.25, 0.3) is 17.5 Å². The summed E-state index contributed by atoms with van der Waals surface area (Å²) in [6.45, 7) is 5.21. The number of amides is 3. The summed E-state index contributed by atoms with van der Waals surface area (Å²) >= 11 is 0. The minimum atomic E-state index is -1.70. The van der Waals surface area contributed by atoms with Crippen molar-refractivity contribution in [2.75, 3.05) is 6.54 Å². The van der Waals surface area contributed by atoms with Crippen LogP contribution in [0.15, 0.2) is 36.9 Å². The van der Waals surface area contributed by atoms with Crippen molar-refractivity contribution >= 4 is 29.6 Å². The van der Waals surface area contributed by atoms with Gasteiger partial charge in [-0.05, 0) is 36.0 Å². The summed E-state index contributed by atoms with van der Waals surface area (Å²) in [4.78, 5) is 63.5. The second-order valence-corrected chi connectivity index (χ2v) is 7.97. The zero-order chi connectivity index (χ0) is 25.3. The number of non-ortho nitro benzene ring substituents is 1. The molecule has 2 rings (SSSR count). The Morgan fingerprint density at radius 2 is 1.94 bits per heavy atom. The van der Waals surface area contributed by atoms with Gasteiger partial charge in [0.15, 0.2) is 6.10 Å². The average Bonchev–Trinajstić information content (AvgIpc) is 2.79. The van der Waals surface area contributed by atoms with Crippen LogP contribution in [0.5, 0.6) is 0 Å². The second kappa shape index (κ2) is 12.4. The Kier molecular flexibility index (Phi) is 9.68. The fraction of sp³-hybridized carbons (Fsp3) is 0.455. The number of benzene rings is 1. The minimum Gasteiger partial charge on any atom is -0.445 e. The quantitative estimate of drug-likeness (QED) is 0.234. The molecule has 12 heteroatoms. The molecule has 1 heterocycles. The Morgan fingerprint density at radius 3 is 2.56 bits per heavy atom. The standard InChI is InChI=1S/C22H27N3O9/c1-3-15-10-14(2)11-19(27)24(20(28)12-15)34-21(29)18(26)8-9-23-22(30)33-13-16-4-6-17(7-5-16)25(31)32/h3-7,14-15,18,26H,1,8-13H2,2H3,(H,23,30)/t14-,15-,18-/m0/s1. The molecule has 0 aromatic heterocycles. The molecule has 2 N–H and O–H groups in total. The largest absolute Gasteiger partial charge is 0.445 e. The van der Waals surface area contributed by atoms with Crippen LogP contribution in [0.2, 0.25) is 0 Å². The number of nitrogens with zero attached hydrogens (tertiary/aromatic N) is 2. The predicted molar refractivity (Wildman–Crippen MR) is 117 cm³/mol. The number of nitro benzene ring substituents is 1. The first kappa shape index (κ1) is 26.5. The fourth-order valence-electron chi connectivity index (χ4n) is 3.29. The zero-order valence-electron chi connectivity index (χ0n) is 18.7.